The van der Waals surface area contributed by atoms with E-state index in [2.05, 4.69) is 22.9 Å². The van der Waals surface area contributed by atoms with Gasteiger partial charge in [0, 0.05) is 4.47 Å². The summed E-state index contributed by atoms with van der Waals surface area (Å²) in [5, 5.41) is 0.564. The normalized spacial score (nSPS) is 10.6. The zero-order chi connectivity index (χ0) is 12.1. The van der Waals surface area contributed by atoms with Crippen molar-refractivity contribution in [1.29, 1.82) is 0 Å². The predicted octanol–water partition coefficient (Wildman–Crippen LogP) is 4.68. The van der Waals surface area contributed by atoms with E-state index < -0.39 is 0 Å². The fourth-order valence-electron chi connectivity index (χ4n) is 1.21. The summed E-state index contributed by atoms with van der Waals surface area (Å²) >= 11 is 9.51. The van der Waals surface area contributed by atoms with Crippen LogP contribution in [0.15, 0.2) is 16.6 Å². The highest BCUT2D eigenvalue weighted by atomic mass is 79.9. The molecule has 0 heterocycles. The molecule has 0 aliphatic carbocycles. The second-order valence-corrected chi connectivity index (χ2v) is 5.05. The molecule has 0 N–H and O–H groups in total. The summed E-state index contributed by atoms with van der Waals surface area (Å²) in [6.07, 6.45) is 1.02. The van der Waals surface area contributed by atoms with E-state index in [1.807, 2.05) is 19.9 Å². The van der Waals surface area contributed by atoms with Gasteiger partial charge in [-0.3, -0.25) is 0 Å². The van der Waals surface area contributed by atoms with Crippen LogP contribution in [0.1, 0.15) is 27.2 Å². The van der Waals surface area contributed by atoms with E-state index in [0.29, 0.717) is 23.1 Å². The van der Waals surface area contributed by atoms with Crippen LogP contribution in [0.2, 0.25) is 5.02 Å². The fraction of sp³-hybridized carbons (Fsp3) is 0.500. The van der Waals surface area contributed by atoms with Gasteiger partial charge in [-0.05, 0) is 32.4 Å². The van der Waals surface area contributed by atoms with E-state index in [4.69, 9.17) is 21.1 Å². The minimum atomic E-state index is 0.0719. The first-order valence-electron chi connectivity index (χ1n) is 5.33. The standard InChI is InChI=1S/C12H16BrClO2/c1-4-5-15-11-7-9(13)6-10(14)12(11)16-8(2)3/h6-8H,4-5H2,1-3H3. The molecule has 0 radical (unpaired) electrons. The largest absolute Gasteiger partial charge is 0.490 e. The van der Waals surface area contributed by atoms with Crippen molar-refractivity contribution in [2.45, 2.75) is 33.3 Å². The fourth-order valence-corrected chi connectivity index (χ4v) is 2.03. The van der Waals surface area contributed by atoms with Crippen molar-refractivity contribution < 1.29 is 9.47 Å². The Bertz CT molecular complexity index is 353. The topological polar surface area (TPSA) is 18.5 Å². The third kappa shape index (κ3) is 3.87. The first-order valence-corrected chi connectivity index (χ1v) is 6.50. The van der Waals surface area contributed by atoms with Gasteiger partial charge in [0.1, 0.15) is 0 Å². The minimum absolute atomic E-state index is 0.0719. The lowest BCUT2D eigenvalue weighted by atomic mass is 10.3. The molecule has 1 aromatic carbocycles. The van der Waals surface area contributed by atoms with Gasteiger partial charge in [-0.15, -0.1) is 0 Å². The maximum absolute atomic E-state index is 6.12. The molecule has 0 amide bonds. The van der Waals surface area contributed by atoms with E-state index in [1.54, 1.807) is 6.07 Å². The summed E-state index contributed by atoms with van der Waals surface area (Å²) in [5.74, 6) is 1.31. The summed E-state index contributed by atoms with van der Waals surface area (Å²) in [6.45, 7) is 6.63. The van der Waals surface area contributed by atoms with Gasteiger partial charge in [0.05, 0.1) is 17.7 Å². The Morgan fingerprint density at radius 3 is 2.62 bits per heavy atom. The Morgan fingerprint density at radius 1 is 1.38 bits per heavy atom. The monoisotopic (exact) mass is 306 g/mol. The molecule has 1 rings (SSSR count). The van der Waals surface area contributed by atoms with Gasteiger partial charge in [0.15, 0.2) is 11.5 Å². The number of halogens is 2. The highest BCUT2D eigenvalue weighted by Crippen LogP contribution is 2.38. The molecular formula is C12H16BrClO2. The zero-order valence-electron chi connectivity index (χ0n) is 9.72. The summed E-state index contributed by atoms with van der Waals surface area (Å²) < 4.78 is 12.1. The van der Waals surface area contributed by atoms with Crippen molar-refractivity contribution in [3.8, 4) is 11.5 Å². The van der Waals surface area contributed by atoms with Gasteiger partial charge in [-0.25, -0.2) is 0 Å². The number of benzene rings is 1. The molecular weight excluding hydrogens is 291 g/mol. The van der Waals surface area contributed by atoms with E-state index in [-0.39, 0.29) is 6.10 Å². The minimum Gasteiger partial charge on any atom is -0.490 e. The van der Waals surface area contributed by atoms with Crippen LogP contribution in [0.25, 0.3) is 0 Å². The number of hydrogen-bond donors (Lipinski definition) is 0. The molecule has 0 aliphatic heterocycles. The molecule has 1 aromatic rings. The van der Waals surface area contributed by atoms with Crippen LogP contribution < -0.4 is 9.47 Å². The van der Waals surface area contributed by atoms with Crippen molar-refractivity contribution >= 4 is 27.5 Å². The molecule has 4 heteroatoms. The quantitative estimate of drug-likeness (QED) is 0.786. The Morgan fingerprint density at radius 2 is 2.06 bits per heavy atom. The number of ether oxygens (including phenoxy) is 2. The smallest absolute Gasteiger partial charge is 0.180 e. The summed E-state index contributed by atoms with van der Waals surface area (Å²) in [4.78, 5) is 0. The van der Waals surface area contributed by atoms with E-state index in [9.17, 15) is 0 Å². The molecule has 0 aromatic heterocycles. The third-order valence-corrected chi connectivity index (χ3v) is 2.53. The first-order chi connectivity index (χ1) is 7.54. The predicted molar refractivity (Wildman–Crippen MR) is 70.7 cm³/mol. The van der Waals surface area contributed by atoms with E-state index in [0.717, 1.165) is 10.9 Å². The van der Waals surface area contributed by atoms with Crippen molar-refractivity contribution in [2.75, 3.05) is 6.61 Å². The third-order valence-electron chi connectivity index (χ3n) is 1.79. The Balaban J connectivity index is 3.00. The summed E-state index contributed by atoms with van der Waals surface area (Å²) in [6, 6.07) is 3.68. The van der Waals surface area contributed by atoms with Gasteiger partial charge in [-0.2, -0.15) is 0 Å². The molecule has 0 saturated heterocycles. The highest BCUT2D eigenvalue weighted by molar-refractivity contribution is 9.10. The second-order valence-electron chi connectivity index (χ2n) is 3.73. The molecule has 16 heavy (non-hydrogen) atoms. The molecule has 2 nitrogen and oxygen atoms in total. The van der Waals surface area contributed by atoms with Gasteiger partial charge in [0.2, 0.25) is 0 Å². The lowest BCUT2D eigenvalue weighted by Gasteiger charge is -2.16. The van der Waals surface area contributed by atoms with Crippen LogP contribution in [-0.4, -0.2) is 12.7 Å². The molecule has 90 valence electrons. The molecule has 0 aliphatic rings. The van der Waals surface area contributed by atoms with Crippen LogP contribution in [0.4, 0.5) is 0 Å². The highest BCUT2D eigenvalue weighted by Gasteiger charge is 2.13. The molecule has 0 atom stereocenters. The van der Waals surface area contributed by atoms with Crippen LogP contribution >= 0.6 is 27.5 Å². The Labute approximate surface area is 110 Å². The molecule has 0 bridgehead atoms. The van der Waals surface area contributed by atoms with E-state index >= 15 is 0 Å². The number of rotatable bonds is 5. The maximum Gasteiger partial charge on any atom is 0.180 e. The van der Waals surface area contributed by atoms with Crippen molar-refractivity contribution in [1.82, 2.24) is 0 Å². The van der Waals surface area contributed by atoms with Crippen LogP contribution in [0, 0.1) is 0 Å². The van der Waals surface area contributed by atoms with E-state index in [1.165, 1.54) is 0 Å². The molecule has 0 saturated carbocycles. The maximum atomic E-state index is 6.12. The summed E-state index contributed by atoms with van der Waals surface area (Å²) in [5.41, 5.74) is 0. The van der Waals surface area contributed by atoms with Crippen molar-refractivity contribution in [3.63, 3.8) is 0 Å². The Kier molecular flexibility index (Phi) is 5.42. The summed E-state index contributed by atoms with van der Waals surface area (Å²) in [7, 11) is 0. The zero-order valence-corrected chi connectivity index (χ0v) is 12.1. The average Bonchev–Trinajstić information content (AvgIpc) is 2.19. The second kappa shape index (κ2) is 6.36. The van der Waals surface area contributed by atoms with Crippen LogP contribution in [0.3, 0.4) is 0 Å². The van der Waals surface area contributed by atoms with Crippen molar-refractivity contribution in [2.24, 2.45) is 0 Å². The lowest BCUT2D eigenvalue weighted by molar-refractivity contribution is 0.221. The molecule has 0 fully saturated rings. The van der Waals surface area contributed by atoms with Crippen LogP contribution in [0.5, 0.6) is 11.5 Å². The molecule has 0 unspecified atom stereocenters. The van der Waals surface area contributed by atoms with Gasteiger partial charge in [-0.1, -0.05) is 34.5 Å². The van der Waals surface area contributed by atoms with Crippen LogP contribution in [-0.2, 0) is 0 Å². The van der Waals surface area contributed by atoms with Gasteiger partial charge >= 0.3 is 0 Å². The van der Waals surface area contributed by atoms with Gasteiger partial charge in [0.25, 0.3) is 0 Å². The molecule has 0 spiro atoms. The first kappa shape index (κ1) is 13.7. The van der Waals surface area contributed by atoms with Crippen molar-refractivity contribution in [3.05, 3.63) is 21.6 Å². The lowest BCUT2D eigenvalue weighted by Crippen LogP contribution is -2.08. The van der Waals surface area contributed by atoms with Gasteiger partial charge < -0.3 is 9.47 Å². The number of hydrogen-bond acceptors (Lipinski definition) is 2. The SMILES string of the molecule is CCCOc1cc(Br)cc(Cl)c1OC(C)C. The average molecular weight is 308 g/mol. The Hall–Kier alpha value is -0.410.